The standard InChI is InChI=1S/C15H16N2O3/c1-9-4-5-10-11(8-9)13(19)17(12(10)18)15(2)6-3-7-16-14(15)20/h4-5,8H,3,6-7H2,1-2H3,(H,16,20)/t15-/m1/s1. The second kappa shape index (κ2) is 4.16. The lowest BCUT2D eigenvalue weighted by molar-refractivity contribution is -0.132. The van der Waals surface area contributed by atoms with Gasteiger partial charge in [-0.3, -0.25) is 19.3 Å². The summed E-state index contributed by atoms with van der Waals surface area (Å²) in [6, 6.07) is 5.17. The van der Waals surface area contributed by atoms with Crippen molar-refractivity contribution in [2.75, 3.05) is 6.54 Å². The van der Waals surface area contributed by atoms with Crippen LogP contribution in [-0.4, -0.2) is 34.7 Å². The first-order chi connectivity index (χ1) is 9.45. The zero-order valence-corrected chi connectivity index (χ0v) is 11.5. The summed E-state index contributed by atoms with van der Waals surface area (Å²) in [4.78, 5) is 38.3. The molecule has 5 nitrogen and oxygen atoms in total. The number of aryl methyl sites for hydroxylation is 1. The molecule has 2 aliphatic rings. The van der Waals surface area contributed by atoms with E-state index in [1.165, 1.54) is 0 Å². The Kier molecular flexibility index (Phi) is 2.67. The van der Waals surface area contributed by atoms with Crippen LogP contribution in [0.1, 0.15) is 46.0 Å². The molecule has 0 unspecified atom stereocenters. The van der Waals surface area contributed by atoms with Gasteiger partial charge in [0.05, 0.1) is 11.1 Å². The van der Waals surface area contributed by atoms with Gasteiger partial charge >= 0.3 is 0 Å². The summed E-state index contributed by atoms with van der Waals surface area (Å²) in [7, 11) is 0. The van der Waals surface area contributed by atoms with Gasteiger partial charge in [0.25, 0.3) is 11.8 Å². The third-order valence-electron chi connectivity index (χ3n) is 4.15. The molecule has 0 bridgehead atoms. The molecule has 104 valence electrons. The van der Waals surface area contributed by atoms with Gasteiger partial charge in [0, 0.05) is 6.54 Å². The van der Waals surface area contributed by atoms with Crippen molar-refractivity contribution in [3.05, 3.63) is 34.9 Å². The number of amides is 3. The number of carbonyl (C=O) groups excluding carboxylic acids is 3. The van der Waals surface area contributed by atoms with Gasteiger partial charge in [-0.1, -0.05) is 11.6 Å². The zero-order valence-electron chi connectivity index (χ0n) is 11.5. The van der Waals surface area contributed by atoms with E-state index in [2.05, 4.69) is 5.32 Å². The summed E-state index contributed by atoms with van der Waals surface area (Å²) in [6.07, 6.45) is 1.26. The molecular formula is C15H16N2O3. The topological polar surface area (TPSA) is 66.5 Å². The molecule has 2 heterocycles. The number of rotatable bonds is 1. The summed E-state index contributed by atoms with van der Waals surface area (Å²) in [6.45, 7) is 4.13. The van der Waals surface area contributed by atoms with E-state index in [0.29, 0.717) is 24.1 Å². The predicted molar refractivity (Wildman–Crippen MR) is 72.3 cm³/mol. The van der Waals surface area contributed by atoms with Crippen molar-refractivity contribution in [1.29, 1.82) is 0 Å². The zero-order chi connectivity index (χ0) is 14.5. The van der Waals surface area contributed by atoms with Crippen molar-refractivity contribution >= 4 is 17.7 Å². The molecule has 1 atom stereocenters. The molecule has 1 aromatic rings. The Balaban J connectivity index is 2.07. The van der Waals surface area contributed by atoms with E-state index in [1.54, 1.807) is 25.1 Å². The van der Waals surface area contributed by atoms with Gasteiger partial charge < -0.3 is 5.32 Å². The molecule has 0 aromatic heterocycles. The van der Waals surface area contributed by atoms with E-state index in [9.17, 15) is 14.4 Å². The number of nitrogens with one attached hydrogen (secondary N) is 1. The lowest BCUT2D eigenvalue weighted by Crippen LogP contribution is -2.61. The van der Waals surface area contributed by atoms with E-state index < -0.39 is 5.54 Å². The van der Waals surface area contributed by atoms with Crippen molar-refractivity contribution < 1.29 is 14.4 Å². The Morgan fingerprint density at radius 3 is 2.55 bits per heavy atom. The summed E-state index contributed by atoms with van der Waals surface area (Å²) >= 11 is 0. The van der Waals surface area contributed by atoms with Gasteiger partial charge in [0.2, 0.25) is 5.91 Å². The van der Waals surface area contributed by atoms with Crippen molar-refractivity contribution in [2.45, 2.75) is 32.2 Å². The maximum atomic E-state index is 12.5. The average molecular weight is 272 g/mol. The Bertz CT molecular complexity index is 638. The van der Waals surface area contributed by atoms with Crippen LogP contribution in [0.2, 0.25) is 0 Å². The molecule has 3 amide bonds. The number of carbonyl (C=O) groups is 3. The lowest BCUT2D eigenvalue weighted by atomic mass is 9.89. The Morgan fingerprint density at radius 2 is 1.85 bits per heavy atom. The van der Waals surface area contributed by atoms with Crippen LogP contribution < -0.4 is 5.32 Å². The van der Waals surface area contributed by atoms with Gasteiger partial charge in [-0.05, 0) is 38.8 Å². The summed E-state index contributed by atoms with van der Waals surface area (Å²) in [5, 5.41) is 2.74. The van der Waals surface area contributed by atoms with Crippen LogP contribution in [0.25, 0.3) is 0 Å². The number of imide groups is 1. The summed E-state index contributed by atoms with van der Waals surface area (Å²) < 4.78 is 0. The maximum Gasteiger partial charge on any atom is 0.262 e. The number of benzene rings is 1. The number of hydrogen-bond donors (Lipinski definition) is 1. The van der Waals surface area contributed by atoms with Crippen LogP contribution >= 0.6 is 0 Å². The number of nitrogens with zero attached hydrogens (tertiary/aromatic N) is 1. The van der Waals surface area contributed by atoms with Crippen molar-refractivity contribution in [1.82, 2.24) is 10.2 Å². The number of hydrogen-bond acceptors (Lipinski definition) is 3. The number of fused-ring (bicyclic) bond motifs is 1. The van der Waals surface area contributed by atoms with Crippen LogP contribution in [0.5, 0.6) is 0 Å². The lowest BCUT2D eigenvalue weighted by Gasteiger charge is -2.38. The van der Waals surface area contributed by atoms with Crippen molar-refractivity contribution in [3.8, 4) is 0 Å². The van der Waals surface area contributed by atoms with Crippen molar-refractivity contribution in [3.63, 3.8) is 0 Å². The molecule has 0 spiro atoms. The first-order valence-corrected chi connectivity index (χ1v) is 6.73. The Labute approximate surface area is 116 Å². The second-order valence-corrected chi connectivity index (χ2v) is 5.63. The smallest absolute Gasteiger partial charge is 0.262 e. The third kappa shape index (κ3) is 1.59. The van der Waals surface area contributed by atoms with Gasteiger partial charge in [0.1, 0.15) is 5.54 Å². The van der Waals surface area contributed by atoms with Crippen LogP contribution in [0, 0.1) is 6.92 Å². The quantitative estimate of drug-likeness (QED) is 0.783. The first kappa shape index (κ1) is 12.8. The Hall–Kier alpha value is -2.17. The van der Waals surface area contributed by atoms with Crippen molar-refractivity contribution in [2.24, 2.45) is 0 Å². The highest BCUT2D eigenvalue weighted by atomic mass is 16.2. The largest absolute Gasteiger partial charge is 0.354 e. The summed E-state index contributed by atoms with van der Waals surface area (Å²) in [5.74, 6) is -0.993. The summed E-state index contributed by atoms with van der Waals surface area (Å²) in [5.41, 5.74) is 0.624. The number of piperidine rings is 1. The maximum absolute atomic E-state index is 12.5. The SMILES string of the molecule is Cc1ccc2c(c1)C(=O)N([C@]1(C)CCCNC1=O)C2=O. The van der Waals surface area contributed by atoms with Gasteiger partial charge in [-0.25, -0.2) is 0 Å². The highest BCUT2D eigenvalue weighted by molar-refractivity contribution is 6.23. The fourth-order valence-electron chi connectivity index (χ4n) is 2.95. The Morgan fingerprint density at radius 1 is 1.15 bits per heavy atom. The fraction of sp³-hybridized carbons (Fsp3) is 0.400. The van der Waals surface area contributed by atoms with Crippen LogP contribution in [0.3, 0.4) is 0 Å². The molecule has 3 rings (SSSR count). The molecule has 2 aliphatic heterocycles. The minimum absolute atomic E-state index is 0.255. The molecule has 1 saturated heterocycles. The molecule has 0 radical (unpaired) electrons. The fourth-order valence-corrected chi connectivity index (χ4v) is 2.95. The molecule has 1 aromatic carbocycles. The monoisotopic (exact) mass is 272 g/mol. The highest BCUT2D eigenvalue weighted by Crippen LogP contribution is 2.34. The molecule has 0 saturated carbocycles. The normalized spacial score (nSPS) is 25.7. The van der Waals surface area contributed by atoms with E-state index >= 15 is 0 Å². The second-order valence-electron chi connectivity index (χ2n) is 5.63. The van der Waals surface area contributed by atoms with E-state index in [1.807, 2.05) is 6.92 Å². The highest BCUT2D eigenvalue weighted by Gasteiger charge is 2.51. The third-order valence-corrected chi connectivity index (χ3v) is 4.15. The van der Waals surface area contributed by atoms with Crippen LogP contribution in [-0.2, 0) is 4.79 Å². The molecule has 0 aliphatic carbocycles. The minimum atomic E-state index is -1.08. The van der Waals surface area contributed by atoms with Gasteiger partial charge in [-0.2, -0.15) is 0 Å². The molecule has 5 heteroatoms. The van der Waals surface area contributed by atoms with E-state index in [-0.39, 0.29) is 17.7 Å². The van der Waals surface area contributed by atoms with Gasteiger partial charge in [-0.15, -0.1) is 0 Å². The van der Waals surface area contributed by atoms with E-state index in [4.69, 9.17) is 0 Å². The van der Waals surface area contributed by atoms with Crippen LogP contribution in [0.15, 0.2) is 18.2 Å². The molecule has 20 heavy (non-hydrogen) atoms. The molecular weight excluding hydrogens is 256 g/mol. The van der Waals surface area contributed by atoms with Crippen LogP contribution in [0.4, 0.5) is 0 Å². The van der Waals surface area contributed by atoms with Gasteiger partial charge in [0.15, 0.2) is 0 Å². The average Bonchev–Trinajstić information content (AvgIpc) is 2.65. The first-order valence-electron chi connectivity index (χ1n) is 6.73. The predicted octanol–water partition coefficient (Wildman–Crippen LogP) is 1.26. The minimum Gasteiger partial charge on any atom is -0.354 e. The molecule has 1 N–H and O–H groups in total. The molecule has 1 fully saturated rings. The van der Waals surface area contributed by atoms with E-state index in [0.717, 1.165) is 16.9 Å².